The lowest BCUT2D eigenvalue weighted by molar-refractivity contribution is 0.0696. The fourth-order valence-electron chi connectivity index (χ4n) is 1.80. The molecule has 1 heterocycles. The van der Waals surface area contributed by atoms with Gasteiger partial charge in [-0.2, -0.15) is 0 Å². The van der Waals surface area contributed by atoms with Crippen LogP contribution in [0.2, 0.25) is 0 Å². The van der Waals surface area contributed by atoms with Crippen molar-refractivity contribution in [2.45, 2.75) is 12.8 Å². The van der Waals surface area contributed by atoms with Crippen LogP contribution >= 0.6 is 11.3 Å². The number of aromatic carboxylic acids is 1. The second kappa shape index (κ2) is 8.44. The molecule has 0 aliphatic rings. The van der Waals surface area contributed by atoms with Crippen molar-refractivity contribution in [1.29, 1.82) is 0 Å². The molecule has 5 heteroatoms. The van der Waals surface area contributed by atoms with E-state index in [4.69, 9.17) is 14.6 Å². The van der Waals surface area contributed by atoms with Crippen LogP contribution in [-0.2, 0) is 11.2 Å². The van der Waals surface area contributed by atoms with Gasteiger partial charge in [0.15, 0.2) is 0 Å². The Morgan fingerprint density at radius 2 is 2.05 bits per heavy atom. The molecular formula is C16H18O4S. The van der Waals surface area contributed by atoms with Crippen molar-refractivity contribution in [1.82, 2.24) is 0 Å². The summed E-state index contributed by atoms with van der Waals surface area (Å²) < 4.78 is 11.0. The van der Waals surface area contributed by atoms with E-state index < -0.39 is 5.97 Å². The zero-order valence-electron chi connectivity index (χ0n) is 11.7. The molecule has 4 nitrogen and oxygen atoms in total. The van der Waals surface area contributed by atoms with Gasteiger partial charge in [0.25, 0.3) is 0 Å². The minimum atomic E-state index is -0.947. The lowest BCUT2D eigenvalue weighted by Crippen LogP contribution is -2.05. The fourth-order valence-corrected chi connectivity index (χ4v) is 2.49. The summed E-state index contributed by atoms with van der Waals surface area (Å²) in [6.45, 7) is 1.88. The van der Waals surface area contributed by atoms with Gasteiger partial charge < -0.3 is 14.6 Å². The van der Waals surface area contributed by atoms with Crippen LogP contribution < -0.4 is 4.74 Å². The Hall–Kier alpha value is -1.85. The van der Waals surface area contributed by atoms with Crippen LogP contribution in [0.4, 0.5) is 0 Å². The molecule has 0 saturated heterocycles. The maximum Gasteiger partial charge on any atom is 0.335 e. The number of thiophene rings is 1. The Morgan fingerprint density at radius 1 is 1.14 bits per heavy atom. The molecule has 0 amide bonds. The fraction of sp³-hybridized carbons (Fsp3) is 0.312. The highest BCUT2D eigenvalue weighted by molar-refractivity contribution is 7.09. The summed E-state index contributed by atoms with van der Waals surface area (Å²) in [7, 11) is 0. The second-order valence-electron chi connectivity index (χ2n) is 4.48. The van der Waals surface area contributed by atoms with Crippen molar-refractivity contribution in [3.63, 3.8) is 0 Å². The summed E-state index contributed by atoms with van der Waals surface area (Å²) in [6, 6.07) is 10.6. The van der Waals surface area contributed by atoms with Gasteiger partial charge in [-0.1, -0.05) is 12.1 Å². The van der Waals surface area contributed by atoms with E-state index in [2.05, 4.69) is 11.4 Å². The van der Waals surface area contributed by atoms with Gasteiger partial charge in [0, 0.05) is 24.3 Å². The first-order valence-electron chi connectivity index (χ1n) is 6.82. The molecule has 0 fully saturated rings. The molecule has 0 aliphatic carbocycles. The van der Waals surface area contributed by atoms with Crippen LogP contribution in [0.15, 0.2) is 41.8 Å². The van der Waals surface area contributed by atoms with Crippen LogP contribution in [0.5, 0.6) is 5.75 Å². The molecule has 1 aromatic carbocycles. The summed E-state index contributed by atoms with van der Waals surface area (Å²) in [5, 5.41) is 10.9. The Kier molecular flexibility index (Phi) is 6.24. The summed E-state index contributed by atoms with van der Waals surface area (Å²) in [5.41, 5.74) is 0.236. The number of carboxylic acids is 1. The molecule has 2 aromatic rings. The SMILES string of the molecule is O=C(O)c1cccc(OCCCOCCc2cccs2)c1. The maximum atomic E-state index is 10.8. The summed E-state index contributed by atoms with van der Waals surface area (Å²) in [4.78, 5) is 12.2. The van der Waals surface area contributed by atoms with Crippen molar-refractivity contribution < 1.29 is 19.4 Å². The van der Waals surface area contributed by atoms with E-state index in [1.54, 1.807) is 29.5 Å². The van der Waals surface area contributed by atoms with Gasteiger partial charge in [0.1, 0.15) is 5.75 Å². The monoisotopic (exact) mass is 306 g/mol. The van der Waals surface area contributed by atoms with Crippen LogP contribution in [0.3, 0.4) is 0 Å². The van der Waals surface area contributed by atoms with E-state index in [0.717, 1.165) is 19.4 Å². The smallest absolute Gasteiger partial charge is 0.335 e. The third-order valence-corrected chi connectivity index (χ3v) is 3.79. The van der Waals surface area contributed by atoms with E-state index in [1.807, 2.05) is 6.07 Å². The molecular weight excluding hydrogens is 288 g/mol. The zero-order valence-corrected chi connectivity index (χ0v) is 12.5. The quantitative estimate of drug-likeness (QED) is 0.721. The normalized spacial score (nSPS) is 10.5. The molecule has 1 N–H and O–H groups in total. The van der Waals surface area contributed by atoms with Gasteiger partial charge >= 0.3 is 5.97 Å². The first-order chi connectivity index (χ1) is 10.3. The first-order valence-corrected chi connectivity index (χ1v) is 7.70. The Balaban J connectivity index is 1.57. The largest absolute Gasteiger partial charge is 0.493 e. The molecule has 0 bridgehead atoms. The van der Waals surface area contributed by atoms with Gasteiger partial charge in [-0.15, -0.1) is 11.3 Å². The Bertz CT molecular complexity index is 551. The van der Waals surface area contributed by atoms with Crippen molar-refractivity contribution in [3.8, 4) is 5.75 Å². The van der Waals surface area contributed by atoms with Crippen molar-refractivity contribution in [2.75, 3.05) is 19.8 Å². The number of benzene rings is 1. The highest BCUT2D eigenvalue weighted by Crippen LogP contribution is 2.13. The minimum absolute atomic E-state index is 0.236. The van der Waals surface area contributed by atoms with Crippen molar-refractivity contribution in [3.05, 3.63) is 52.2 Å². The highest BCUT2D eigenvalue weighted by Gasteiger charge is 2.03. The Labute approximate surface area is 128 Å². The molecule has 1 aromatic heterocycles. The third kappa shape index (κ3) is 5.57. The number of hydrogen-bond donors (Lipinski definition) is 1. The summed E-state index contributed by atoms with van der Waals surface area (Å²) in [5.74, 6) is -0.370. The standard InChI is InChI=1S/C16H18O4S/c17-16(18)13-4-1-5-14(12-13)20-9-3-8-19-10-7-15-6-2-11-21-15/h1-2,4-6,11-12H,3,7-10H2,(H,17,18). The van der Waals surface area contributed by atoms with E-state index in [1.165, 1.54) is 10.9 Å². The summed E-state index contributed by atoms with van der Waals surface area (Å²) in [6.07, 6.45) is 1.72. The van der Waals surface area contributed by atoms with E-state index in [0.29, 0.717) is 19.0 Å². The average Bonchev–Trinajstić information content (AvgIpc) is 3.00. The van der Waals surface area contributed by atoms with Crippen molar-refractivity contribution >= 4 is 17.3 Å². The maximum absolute atomic E-state index is 10.8. The molecule has 0 saturated carbocycles. The molecule has 112 valence electrons. The van der Waals surface area contributed by atoms with Gasteiger partial charge in [-0.25, -0.2) is 4.79 Å². The molecule has 0 radical (unpaired) electrons. The van der Waals surface area contributed by atoms with Crippen LogP contribution in [-0.4, -0.2) is 30.9 Å². The van der Waals surface area contributed by atoms with E-state index in [-0.39, 0.29) is 5.56 Å². The van der Waals surface area contributed by atoms with Crippen molar-refractivity contribution in [2.24, 2.45) is 0 Å². The van der Waals surface area contributed by atoms with Crippen LogP contribution in [0.25, 0.3) is 0 Å². The lowest BCUT2D eigenvalue weighted by Gasteiger charge is -2.07. The first kappa shape index (κ1) is 15.5. The van der Waals surface area contributed by atoms with E-state index in [9.17, 15) is 4.79 Å². The molecule has 0 unspecified atom stereocenters. The Morgan fingerprint density at radius 3 is 2.81 bits per heavy atom. The predicted octanol–water partition coefficient (Wildman–Crippen LogP) is 3.47. The van der Waals surface area contributed by atoms with Crippen LogP contribution in [0.1, 0.15) is 21.7 Å². The van der Waals surface area contributed by atoms with Crippen LogP contribution in [0, 0.1) is 0 Å². The minimum Gasteiger partial charge on any atom is -0.493 e. The van der Waals surface area contributed by atoms with Gasteiger partial charge in [0.05, 0.1) is 18.8 Å². The number of hydrogen-bond acceptors (Lipinski definition) is 4. The zero-order chi connectivity index (χ0) is 14.9. The highest BCUT2D eigenvalue weighted by atomic mass is 32.1. The molecule has 21 heavy (non-hydrogen) atoms. The van der Waals surface area contributed by atoms with Gasteiger partial charge in [-0.3, -0.25) is 0 Å². The van der Waals surface area contributed by atoms with E-state index >= 15 is 0 Å². The molecule has 0 atom stereocenters. The molecule has 0 spiro atoms. The number of carbonyl (C=O) groups is 1. The van der Waals surface area contributed by atoms with Gasteiger partial charge in [-0.05, 0) is 29.6 Å². The average molecular weight is 306 g/mol. The molecule has 2 rings (SSSR count). The second-order valence-corrected chi connectivity index (χ2v) is 5.51. The summed E-state index contributed by atoms with van der Waals surface area (Å²) >= 11 is 1.74. The number of carboxylic acid groups (broad SMARTS) is 1. The third-order valence-electron chi connectivity index (χ3n) is 2.86. The topological polar surface area (TPSA) is 55.8 Å². The van der Waals surface area contributed by atoms with Gasteiger partial charge in [0.2, 0.25) is 0 Å². The number of ether oxygens (including phenoxy) is 2. The number of rotatable bonds is 9. The lowest BCUT2D eigenvalue weighted by atomic mass is 10.2. The predicted molar refractivity (Wildman–Crippen MR) is 82.4 cm³/mol. The molecule has 0 aliphatic heterocycles.